The second-order valence-corrected chi connectivity index (χ2v) is 10.8. The van der Waals surface area contributed by atoms with E-state index in [4.69, 9.17) is 27.9 Å². The third-order valence-corrected chi connectivity index (χ3v) is 7.73. The van der Waals surface area contributed by atoms with Crippen LogP contribution in [0.15, 0.2) is 72.8 Å². The third-order valence-electron chi connectivity index (χ3n) is 7.07. The highest BCUT2D eigenvalue weighted by molar-refractivity contribution is 6.31. The zero-order valence-corrected chi connectivity index (χ0v) is 22.8. The van der Waals surface area contributed by atoms with Gasteiger partial charge in [0.15, 0.2) is 0 Å². The van der Waals surface area contributed by atoms with Gasteiger partial charge in [-0.15, -0.1) is 0 Å². The number of carbonyl (C=O) groups excluding carboxylic acids is 2. The summed E-state index contributed by atoms with van der Waals surface area (Å²) in [5, 5.41) is 1.23. The van der Waals surface area contributed by atoms with Crippen LogP contribution in [-0.4, -0.2) is 48.4 Å². The van der Waals surface area contributed by atoms with Gasteiger partial charge in [-0.25, -0.2) is 0 Å². The first-order chi connectivity index (χ1) is 17.7. The van der Waals surface area contributed by atoms with Crippen LogP contribution in [0.2, 0.25) is 10.0 Å². The van der Waals surface area contributed by atoms with Gasteiger partial charge < -0.3 is 14.5 Å². The highest BCUT2D eigenvalue weighted by atomic mass is 35.5. The van der Waals surface area contributed by atoms with Crippen molar-refractivity contribution in [1.29, 1.82) is 0 Å². The van der Waals surface area contributed by atoms with Crippen LogP contribution in [0, 0.1) is 12.3 Å². The van der Waals surface area contributed by atoms with E-state index < -0.39 is 0 Å². The number of nitrogens with zero attached hydrogens (tertiary/aromatic N) is 2. The topological polar surface area (TPSA) is 49.9 Å². The summed E-state index contributed by atoms with van der Waals surface area (Å²) in [6.45, 7) is 3.96. The summed E-state index contributed by atoms with van der Waals surface area (Å²) in [7, 11) is 1.84. The van der Waals surface area contributed by atoms with E-state index in [2.05, 4.69) is 0 Å². The van der Waals surface area contributed by atoms with Crippen LogP contribution < -0.4 is 4.74 Å². The smallest absolute Gasteiger partial charge is 0.253 e. The number of rotatable bonds is 8. The fraction of sp³-hybridized carbons (Fsp3) is 0.333. The minimum absolute atomic E-state index is 0.0436. The van der Waals surface area contributed by atoms with E-state index in [1.54, 1.807) is 29.2 Å². The third kappa shape index (κ3) is 7.06. The highest BCUT2D eigenvalue weighted by Crippen LogP contribution is 2.37. The second kappa shape index (κ2) is 12.0. The van der Waals surface area contributed by atoms with Gasteiger partial charge in [0.05, 0.1) is 6.61 Å². The van der Waals surface area contributed by atoms with E-state index in [1.165, 1.54) is 0 Å². The molecule has 0 aromatic heterocycles. The quantitative estimate of drug-likeness (QED) is 0.322. The van der Waals surface area contributed by atoms with Crippen molar-refractivity contribution in [2.45, 2.75) is 32.7 Å². The SMILES string of the molecule is Cc1cc(OCC2(CC(=O)N(C)Cc3ccccc3)CCN(C(=O)c3cccc(Cl)c3)CC2)ccc1Cl. The van der Waals surface area contributed by atoms with Gasteiger partial charge in [0, 0.05) is 54.1 Å². The normalized spacial score (nSPS) is 14.8. The lowest BCUT2D eigenvalue weighted by Gasteiger charge is -2.42. The number of hydrogen-bond donors (Lipinski definition) is 0. The van der Waals surface area contributed by atoms with E-state index >= 15 is 0 Å². The maximum Gasteiger partial charge on any atom is 0.253 e. The molecule has 1 saturated heterocycles. The Morgan fingerprint density at radius 3 is 2.38 bits per heavy atom. The molecule has 194 valence electrons. The zero-order valence-electron chi connectivity index (χ0n) is 21.3. The molecule has 1 aliphatic rings. The summed E-state index contributed by atoms with van der Waals surface area (Å²) in [5.41, 5.74) is 2.21. The molecule has 0 unspecified atom stereocenters. The number of carbonyl (C=O) groups is 2. The van der Waals surface area contributed by atoms with Crippen molar-refractivity contribution in [3.63, 3.8) is 0 Å². The van der Waals surface area contributed by atoms with Crippen LogP contribution >= 0.6 is 23.2 Å². The molecule has 37 heavy (non-hydrogen) atoms. The lowest BCUT2D eigenvalue weighted by molar-refractivity contribution is -0.134. The molecule has 0 bridgehead atoms. The van der Waals surface area contributed by atoms with Crippen LogP contribution in [0.25, 0.3) is 0 Å². The molecule has 0 atom stereocenters. The van der Waals surface area contributed by atoms with E-state index in [0.29, 0.717) is 61.1 Å². The molecule has 0 saturated carbocycles. The molecule has 0 radical (unpaired) electrons. The number of aryl methyl sites for hydroxylation is 1. The fourth-order valence-corrected chi connectivity index (χ4v) is 5.01. The van der Waals surface area contributed by atoms with Crippen molar-refractivity contribution in [3.05, 3.63) is 99.5 Å². The standard InChI is InChI=1S/C30H32Cl2N2O3/c1-22-17-26(11-12-27(22)32)37-21-30(19-28(35)33(2)20-23-7-4-3-5-8-23)13-15-34(16-14-30)29(36)24-9-6-10-25(31)18-24/h3-12,17-18H,13-16,19-21H2,1-2H3. The first-order valence-electron chi connectivity index (χ1n) is 12.5. The molecule has 3 aromatic carbocycles. The summed E-state index contributed by atoms with van der Waals surface area (Å²) < 4.78 is 6.23. The Bertz CT molecular complexity index is 1240. The van der Waals surface area contributed by atoms with Gasteiger partial charge in [-0.1, -0.05) is 59.6 Å². The Kier molecular flexibility index (Phi) is 8.78. The minimum atomic E-state index is -0.388. The van der Waals surface area contributed by atoms with Crippen molar-refractivity contribution in [3.8, 4) is 5.75 Å². The largest absolute Gasteiger partial charge is 0.493 e. The summed E-state index contributed by atoms with van der Waals surface area (Å²) in [4.78, 5) is 30.1. The van der Waals surface area contributed by atoms with Crippen LogP contribution in [0.1, 0.15) is 40.7 Å². The molecule has 0 spiro atoms. The Labute approximate surface area is 228 Å². The summed E-state index contributed by atoms with van der Waals surface area (Å²) in [6.07, 6.45) is 1.68. The fourth-order valence-electron chi connectivity index (χ4n) is 4.70. The Hall–Kier alpha value is -3.02. The lowest BCUT2D eigenvalue weighted by atomic mass is 9.75. The lowest BCUT2D eigenvalue weighted by Crippen LogP contribution is -2.47. The molecule has 3 aromatic rings. The van der Waals surface area contributed by atoms with E-state index in [0.717, 1.165) is 16.9 Å². The molecule has 4 rings (SSSR count). The van der Waals surface area contributed by atoms with Gasteiger partial charge in [-0.05, 0) is 67.3 Å². The first kappa shape index (κ1) is 27.0. The number of ether oxygens (including phenoxy) is 1. The molecule has 7 heteroatoms. The van der Waals surface area contributed by atoms with Crippen LogP contribution in [0.4, 0.5) is 0 Å². The predicted octanol–water partition coefficient (Wildman–Crippen LogP) is 6.65. The van der Waals surface area contributed by atoms with Crippen molar-refractivity contribution >= 4 is 35.0 Å². The van der Waals surface area contributed by atoms with Gasteiger partial charge >= 0.3 is 0 Å². The van der Waals surface area contributed by atoms with Gasteiger partial charge in [-0.3, -0.25) is 9.59 Å². The highest BCUT2D eigenvalue weighted by Gasteiger charge is 2.39. The molecular weight excluding hydrogens is 507 g/mol. The van der Waals surface area contributed by atoms with Crippen LogP contribution in [0.3, 0.4) is 0 Å². The number of halogens is 2. The predicted molar refractivity (Wildman–Crippen MR) is 148 cm³/mol. The summed E-state index contributed by atoms with van der Waals surface area (Å²) in [5.74, 6) is 0.746. The van der Waals surface area contributed by atoms with E-state index in [-0.39, 0.29) is 17.2 Å². The van der Waals surface area contributed by atoms with Crippen molar-refractivity contribution < 1.29 is 14.3 Å². The van der Waals surface area contributed by atoms with Gasteiger partial charge in [0.25, 0.3) is 5.91 Å². The van der Waals surface area contributed by atoms with Gasteiger partial charge in [0.1, 0.15) is 5.75 Å². The molecule has 1 heterocycles. The molecular formula is C30H32Cl2N2O3. The maximum atomic E-state index is 13.4. The number of hydrogen-bond acceptors (Lipinski definition) is 3. The summed E-state index contributed by atoms with van der Waals surface area (Å²) in [6, 6.07) is 22.6. The molecule has 1 fully saturated rings. The Morgan fingerprint density at radius 1 is 0.973 bits per heavy atom. The van der Waals surface area contributed by atoms with Gasteiger partial charge in [-0.2, -0.15) is 0 Å². The second-order valence-electron chi connectivity index (χ2n) is 9.91. The minimum Gasteiger partial charge on any atom is -0.493 e. The van der Waals surface area contributed by atoms with Crippen LogP contribution in [0.5, 0.6) is 5.75 Å². The first-order valence-corrected chi connectivity index (χ1v) is 13.2. The van der Waals surface area contributed by atoms with Crippen LogP contribution in [-0.2, 0) is 11.3 Å². The molecule has 1 aliphatic heterocycles. The molecule has 5 nitrogen and oxygen atoms in total. The monoisotopic (exact) mass is 538 g/mol. The van der Waals surface area contributed by atoms with Crippen molar-refractivity contribution in [2.75, 3.05) is 26.7 Å². The Morgan fingerprint density at radius 2 is 1.70 bits per heavy atom. The Balaban J connectivity index is 1.47. The number of piperidine rings is 1. The average molecular weight is 540 g/mol. The molecule has 0 N–H and O–H groups in total. The maximum absolute atomic E-state index is 13.4. The van der Waals surface area contributed by atoms with Gasteiger partial charge in [0.2, 0.25) is 5.91 Å². The molecule has 0 aliphatic carbocycles. The molecule has 2 amide bonds. The van der Waals surface area contributed by atoms with E-state index in [9.17, 15) is 9.59 Å². The average Bonchev–Trinajstić information content (AvgIpc) is 2.90. The number of amides is 2. The summed E-state index contributed by atoms with van der Waals surface area (Å²) >= 11 is 12.3. The van der Waals surface area contributed by atoms with Crippen molar-refractivity contribution in [1.82, 2.24) is 9.80 Å². The van der Waals surface area contributed by atoms with Crippen molar-refractivity contribution in [2.24, 2.45) is 5.41 Å². The van der Waals surface area contributed by atoms with E-state index in [1.807, 2.05) is 67.4 Å². The number of benzene rings is 3. The zero-order chi connectivity index (χ0) is 26.4. The number of likely N-dealkylation sites (tertiary alicyclic amines) is 1.